The molecule has 0 saturated heterocycles. The number of para-hydroxylation sites is 1. The van der Waals surface area contributed by atoms with Gasteiger partial charge in [0.1, 0.15) is 18.4 Å². The highest BCUT2D eigenvalue weighted by molar-refractivity contribution is 7.92. The first-order valence-electron chi connectivity index (χ1n) is 16.7. The van der Waals surface area contributed by atoms with Crippen LogP contribution in [0.25, 0.3) is 0 Å². The molecule has 4 aromatic carbocycles. The Morgan fingerprint density at radius 2 is 1.48 bits per heavy atom. The predicted octanol–water partition coefficient (Wildman–Crippen LogP) is 6.98. The maximum atomic E-state index is 14.7. The number of nitrogens with zero attached hydrogens (tertiary/aromatic N) is 2. The third-order valence-corrected chi connectivity index (χ3v) is 10.8. The maximum Gasteiger partial charge on any atom is 0.264 e. The van der Waals surface area contributed by atoms with E-state index in [1.165, 1.54) is 17.0 Å². The van der Waals surface area contributed by atoms with Gasteiger partial charge in [0.05, 0.1) is 10.6 Å². The van der Waals surface area contributed by atoms with Gasteiger partial charge in [-0.3, -0.25) is 13.9 Å². The van der Waals surface area contributed by atoms with Crippen molar-refractivity contribution in [2.24, 2.45) is 0 Å². The number of sulfonamides is 1. The van der Waals surface area contributed by atoms with Crippen LogP contribution in [0.15, 0.2) is 108 Å². The van der Waals surface area contributed by atoms with Crippen molar-refractivity contribution in [3.8, 4) is 0 Å². The number of nitrogens with one attached hydrogen (secondary N) is 1. The highest BCUT2D eigenvalue weighted by Gasteiger charge is 2.36. The van der Waals surface area contributed by atoms with Crippen molar-refractivity contribution in [2.75, 3.05) is 10.8 Å². The van der Waals surface area contributed by atoms with Crippen LogP contribution in [0.3, 0.4) is 0 Å². The average molecular weight is 670 g/mol. The molecule has 0 spiro atoms. The zero-order valence-electron chi connectivity index (χ0n) is 27.6. The second kappa shape index (κ2) is 16.1. The van der Waals surface area contributed by atoms with Gasteiger partial charge < -0.3 is 10.2 Å². The van der Waals surface area contributed by atoms with Gasteiger partial charge in [-0.15, -0.1) is 0 Å². The van der Waals surface area contributed by atoms with E-state index in [9.17, 15) is 22.4 Å². The molecule has 1 aliphatic carbocycles. The van der Waals surface area contributed by atoms with Gasteiger partial charge in [0.2, 0.25) is 11.8 Å². The summed E-state index contributed by atoms with van der Waals surface area (Å²) in [5.74, 6) is -1.25. The number of amides is 2. The first kappa shape index (κ1) is 34.8. The molecule has 1 N–H and O–H groups in total. The molecule has 0 bridgehead atoms. The van der Waals surface area contributed by atoms with E-state index >= 15 is 0 Å². The summed E-state index contributed by atoms with van der Waals surface area (Å²) in [4.78, 5) is 30.5. The lowest BCUT2D eigenvalue weighted by Gasteiger charge is -2.35. The number of hydrogen-bond acceptors (Lipinski definition) is 4. The number of carbonyl (C=O) groups excluding carboxylic acids is 2. The molecule has 4 aromatic rings. The Kier molecular flexibility index (Phi) is 11.7. The van der Waals surface area contributed by atoms with E-state index in [2.05, 4.69) is 5.32 Å². The summed E-state index contributed by atoms with van der Waals surface area (Å²) >= 11 is 0. The predicted molar refractivity (Wildman–Crippen MR) is 187 cm³/mol. The Bertz CT molecular complexity index is 1770. The van der Waals surface area contributed by atoms with Crippen LogP contribution in [0.2, 0.25) is 0 Å². The van der Waals surface area contributed by atoms with Crippen molar-refractivity contribution in [3.63, 3.8) is 0 Å². The molecule has 7 nitrogen and oxygen atoms in total. The minimum absolute atomic E-state index is 0.00198. The van der Waals surface area contributed by atoms with Gasteiger partial charge in [-0.1, -0.05) is 105 Å². The summed E-state index contributed by atoms with van der Waals surface area (Å²) in [6.07, 6.45) is 5.68. The normalized spacial score (nSPS) is 14.2. The molecule has 0 radical (unpaired) electrons. The van der Waals surface area contributed by atoms with Crippen molar-refractivity contribution >= 4 is 27.5 Å². The van der Waals surface area contributed by atoms with Gasteiger partial charge in [0, 0.05) is 19.0 Å². The van der Waals surface area contributed by atoms with E-state index in [-0.39, 0.29) is 29.8 Å². The zero-order chi connectivity index (χ0) is 34.1. The fraction of sp³-hybridized carbons (Fsp3) is 0.333. The first-order chi connectivity index (χ1) is 23.2. The smallest absolute Gasteiger partial charge is 0.264 e. The largest absolute Gasteiger partial charge is 0.352 e. The molecule has 1 aliphatic rings. The molecule has 0 aliphatic heterocycles. The number of benzene rings is 4. The average Bonchev–Trinajstić information content (AvgIpc) is 3.10. The third-order valence-electron chi connectivity index (χ3n) is 9.02. The molecule has 48 heavy (non-hydrogen) atoms. The molecule has 9 heteroatoms. The topological polar surface area (TPSA) is 86.8 Å². The highest BCUT2D eigenvalue weighted by Crippen LogP contribution is 2.29. The van der Waals surface area contributed by atoms with Crippen LogP contribution in [0.5, 0.6) is 0 Å². The van der Waals surface area contributed by atoms with E-state index in [0.29, 0.717) is 17.7 Å². The highest BCUT2D eigenvalue weighted by atomic mass is 32.2. The van der Waals surface area contributed by atoms with Gasteiger partial charge >= 0.3 is 0 Å². The molecule has 1 saturated carbocycles. The SMILES string of the molecule is CCc1ccccc1N(CC(=O)N(Cc1ccc(F)cc1)[C@H](Cc1ccccc1)C(=O)NC1CCCCC1)S(=O)(=O)c1ccc(C)cc1. The molecular formula is C39H44FN3O4S. The van der Waals surface area contributed by atoms with Crippen molar-refractivity contribution in [1.29, 1.82) is 0 Å². The fourth-order valence-corrected chi connectivity index (χ4v) is 7.74. The van der Waals surface area contributed by atoms with E-state index < -0.39 is 34.3 Å². The molecule has 0 unspecified atom stereocenters. The summed E-state index contributed by atoms with van der Waals surface area (Å²) in [5.41, 5.74) is 3.56. The van der Waals surface area contributed by atoms with Crippen molar-refractivity contribution in [3.05, 3.63) is 131 Å². The van der Waals surface area contributed by atoms with Crippen LogP contribution in [0.1, 0.15) is 61.3 Å². The van der Waals surface area contributed by atoms with Gasteiger partial charge in [-0.2, -0.15) is 0 Å². The lowest BCUT2D eigenvalue weighted by atomic mass is 9.94. The molecule has 1 fully saturated rings. The van der Waals surface area contributed by atoms with Crippen molar-refractivity contribution in [1.82, 2.24) is 10.2 Å². The zero-order valence-corrected chi connectivity index (χ0v) is 28.5. The molecule has 5 rings (SSSR count). The Labute approximate surface area is 283 Å². The molecule has 252 valence electrons. The Morgan fingerprint density at radius 3 is 2.15 bits per heavy atom. The first-order valence-corrected chi connectivity index (χ1v) is 18.1. The molecule has 2 amide bonds. The lowest BCUT2D eigenvalue weighted by Crippen LogP contribution is -2.55. The molecule has 1 atom stereocenters. The summed E-state index contributed by atoms with van der Waals surface area (Å²) in [6.45, 7) is 3.27. The standard InChI is InChI=1S/C39H44FN3O4S/c1-3-32-14-10-11-17-36(32)43(48(46,47)35-24-18-29(2)19-25-35)28-38(44)42(27-31-20-22-33(40)23-21-31)37(26-30-12-6-4-7-13-30)39(45)41-34-15-8-5-9-16-34/h4,6-7,10-14,17-25,34,37H,3,5,8-9,15-16,26-28H2,1-2H3,(H,41,45)/t37-/m1/s1. The van der Waals surface area contributed by atoms with Crippen LogP contribution < -0.4 is 9.62 Å². The number of carbonyl (C=O) groups is 2. The van der Waals surface area contributed by atoms with Gasteiger partial charge in [0.15, 0.2) is 0 Å². The number of rotatable bonds is 13. The molecule has 0 aromatic heterocycles. The second-order valence-electron chi connectivity index (χ2n) is 12.5. The fourth-order valence-electron chi connectivity index (χ4n) is 6.29. The lowest BCUT2D eigenvalue weighted by molar-refractivity contribution is -0.140. The summed E-state index contributed by atoms with van der Waals surface area (Å²) in [7, 11) is -4.20. The van der Waals surface area contributed by atoms with E-state index in [1.54, 1.807) is 48.5 Å². The second-order valence-corrected chi connectivity index (χ2v) is 14.4. The number of halogens is 1. The minimum atomic E-state index is -4.20. The minimum Gasteiger partial charge on any atom is -0.352 e. The van der Waals surface area contributed by atoms with E-state index in [4.69, 9.17) is 0 Å². The van der Waals surface area contributed by atoms with Crippen LogP contribution in [-0.2, 0) is 39.0 Å². The monoisotopic (exact) mass is 669 g/mol. The Hall–Kier alpha value is -4.50. The molecular weight excluding hydrogens is 626 g/mol. The summed E-state index contributed by atoms with van der Waals surface area (Å²) < 4.78 is 43.8. The van der Waals surface area contributed by atoms with Gasteiger partial charge in [-0.05, 0) is 73.2 Å². The van der Waals surface area contributed by atoms with Gasteiger partial charge in [0.25, 0.3) is 10.0 Å². The molecule has 0 heterocycles. The third kappa shape index (κ3) is 8.69. The van der Waals surface area contributed by atoms with Crippen LogP contribution in [-0.4, -0.2) is 43.8 Å². The number of anilines is 1. The summed E-state index contributed by atoms with van der Waals surface area (Å²) in [5, 5.41) is 3.21. The van der Waals surface area contributed by atoms with Crippen LogP contribution >= 0.6 is 0 Å². The van der Waals surface area contributed by atoms with E-state index in [1.807, 2.05) is 56.3 Å². The Balaban J connectivity index is 1.58. The maximum absolute atomic E-state index is 14.7. The van der Waals surface area contributed by atoms with Crippen LogP contribution in [0.4, 0.5) is 10.1 Å². The van der Waals surface area contributed by atoms with Gasteiger partial charge in [-0.25, -0.2) is 12.8 Å². The van der Waals surface area contributed by atoms with E-state index in [0.717, 1.165) is 53.1 Å². The Morgan fingerprint density at radius 1 is 0.833 bits per heavy atom. The summed E-state index contributed by atoms with van der Waals surface area (Å²) in [6, 6.07) is 28.0. The number of hydrogen-bond donors (Lipinski definition) is 1. The van der Waals surface area contributed by atoms with Crippen molar-refractivity contribution in [2.45, 2.75) is 82.3 Å². The number of aryl methyl sites for hydroxylation is 2. The quantitative estimate of drug-likeness (QED) is 0.167. The van der Waals surface area contributed by atoms with Crippen molar-refractivity contribution < 1.29 is 22.4 Å². The van der Waals surface area contributed by atoms with Crippen LogP contribution in [0, 0.1) is 12.7 Å².